The van der Waals surface area contributed by atoms with Gasteiger partial charge in [-0.25, -0.2) is 4.98 Å². The number of benzene rings is 2. The van der Waals surface area contributed by atoms with Crippen molar-refractivity contribution in [3.05, 3.63) is 83.2 Å². The summed E-state index contributed by atoms with van der Waals surface area (Å²) in [6.45, 7) is 4.84. The van der Waals surface area contributed by atoms with E-state index in [1.807, 2.05) is 18.2 Å². The average Bonchev–Trinajstić information content (AvgIpc) is 2.99. The van der Waals surface area contributed by atoms with Crippen LogP contribution in [0.5, 0.6) is 0 Å². The summed E-state index contributed by atoms with van der Waals surface area (Å²) in [5, 5.41) is 14.8. The first kappa shape index (κ1) is 29.1. The zero-order valence-electron chi connectivity index (χ0n) is 23.4. The fraction of sp³-hybridized carbons (Fsp3) is 0.267. The summed E-state index contributed by atoms with van der Waals surface area (Å²) in [6.07, 6.45) is 4.24. The fourth-order valence-electron chi connectivity index (χ4n) is 4.76. The van der Waals surface area contributed by atoms with Crippen molar-refractivity contribution in [3.63, 3.8) is 0 Å². The van der Waals surface area contributed by atoms with Crippen LogP contribution in [0.2, 0.25) is 0 Å². The number of hydrogen-bond donors (Lipinski definition) is 5. The highest BCUT2D eigenvalue weighted by Gasteiger charge is 2.21. The lowest BCUT2D eigenvalue weighted by molar-refractivity contribution is 0.0974. The number of carbonyl (C=O) groups excluding carboxylic acids is 2. The number of pyridine rings is 1. The van der Waals surface area contributed by atoms with Crippen LogP contribution in [0, 0.1) is 5.41 Å². The molecule has 2 aromatic carbocycles. The molecule has 3 heterocycles. The molecule has 0 atom stereocenters. The molecule has 0 aliphatic carbocycles. The molecule has 1 saturated heterocycles. The van der Waals surface area contributed by atoms with Gasteiger partial charge in [-0.2, -0.15) is 0 Å². The summed E-state index contributed by atoms with van der Waals surface area (Å²) >= 11 is 1.27. The molecule has 1 fully saturated rings. The highest BCUT2D eigenvalue weighted by molar-refractivity contribution is 7.99. The molecular weight excluding hydrogens is 552 g/mol. The Morgan fingerprint density at radius 3 is 2.57 bits per heavy atom. The van der Waals surface area contributed by atoms with Gasteiger partial charge in [0.25, 0.3) is 5.91 Å². The maximum absolute atomic E-state index is 13.6. The van der Waals surface area contributed by atoms with Crippen molar-refractivity contribution in [1.29, 1.82) is 5.41 Å². The number of piperazine rings is 1. The number of nitrogen functional groups attached to an aromatic ring is 1. The molecule has 1 aromatic heterocycles. The van der Waals surface area contributed by atoms with Crippen LogP contribution in [0.25, 0.3) is 0 Å². The fourth-order valence-corrected chi connectivity index (χ4v) is 5.72. The quantitative estimate of drug-likeness (QED) is 0.197. The molecule has 42 heavy (non-hydrogen) atoms. The molecule has 2 amide bonds. The molecule has 11 nitrogen and oxygen atoms in total. The third-order valence-corrected chi connectivity index (χ3v) is 8.19. The lowest BCUT2D eigenvalue weighted by Crippen LogP contribution is -2.44. The minimum Gasteiger partial charge on any atom is -0.383 e. The number of nitrogens with one attached hydrogen (secondary N) is 3. The summed E-state index contributed by atoms with van der Waals surface area (Å²) in [5.41, 5.74) is 15.3. The predicted octanol–water partition coefficient (Wildman–Crippen LogP) is 3.14. The summed E-state index contributed by atoms with van der Waals surface area (Å²) in [5.74, 6) is -1.07. The first-order valence-electron chi connectivity index (χ1n) is 13.6. The summed E-state index contributed by atoms with van der Waals surface area (Å²) in [4.78, 5) is 35.5. The van der Waals surface area contributed by atoms with E-state index in [1.54, 1.807) is 42.6 Å². The molecule has 3 aromatic rings. The van der Waals surface area contributed by atoms with E-state index in [4.69, 9.17) is 21.6 Å². The van der Waals surface area contributed by atoms with E-state index >= 15 is 0 Å². The monoisotopic (exact) mass is 586 g/mol. The smallest absolute Gasteiger partial charge is 0.258 e. The van der Waals surface area contributed by atoms with Gasteiger partial charge in [0.15, 0.2) is 0 Å². The van der Waals surface area contributed by atoms with Gasteiger partial charge in [-0.1, -0.05) is 23.9 Å². The van der Waals surface area contributed by atoms with Crippen LogP contribution in [-0.2, 0) is 4.74 Å². The molecule has 0 unspecified atom stereocenters. The Kier molecular flexibility index (Phi) is 9.06. The average molecular weight is 587 g/mol. The van der Waals surface area contributed by atoms with Gasteiger partial charge < -0.3 is 36.6 Å². The molecule has 2 aliphatic rings. The zero-order chi connectivity index (χ0) is 29.6. The van der Waals surface area contributed by atoms with Crippen LogP contribution in [0.1, 0.15) is 32.7 Å². The number of anilines is 3. The van der Waals surface area contributed by atoms with Gasteiger partial charge in [-0.15, -0.1) is 0 Å². The van der Waals surface area contributed by atoms with Gasteiger partial charge in [0.2, 0.25) is 5.91 Å². The van der Waals surface area contributed by atoms with Gasteiger partial charge in [-0.05, 0) is 49.5 Å². The van der Waals surface area contributed by atoms with E-state index in [9.17, 15) is 9.59 Å². The summed E-state index contributed by atoms with van der Waals surface area (Å²) in [7, 11) is 2.11. The number of amides is 2. The summed E-state index contributed by atoms with van der Waals surface area (Å²) < 4.78 is 5.44. The first-order valence-corrected chi connectivity index (χ1v) is 14.4. The van der Waals surface area contributed by atoms with Crippen molar-refractivity contribution in [3.8, 4) is 0 Å². The number of aromatic nitrogens is 1. The normalized spacial score (nSPS) is 15.5. The van der Waals surface area contributed by atoms with Gasteiger partial charge in [0.05, 0.1) is 35.6 Å². The molecule has 0 saturated carbocycles. The molecule has 0 radical (unpaired) electrons. The zero-order valence-corrected chi connectivity index (χ0v) is 24.2. The second-order valence-electron chi connectivity index (χ2n) is 10.1. The molecule has 0 bridgehead atoms. The SMILES string of the molecule is CN1CCN(c2ccc(C(=O)NC(=N)c3cc(Sc4ccccc4C(N)=O)cnc3N)c(NC3=CCOCC3)c2)CC1. The number of nitrogens with two attached hydrogens (primary N) is 2. The minimum atomic E-state index is -0.540. The van der Waals surface area contributed by atoms with Crippen LogP contribution in [-0.4, -0.2) is 74.0 Å². The van der Waals surface area contributed by atoms with Crippen molar-refractivity contribution in [2.24, 2.45) is 5.73 Å². The van der Waals surface area contributed by atoms with Crippen LogP contribution in [0.4, 0.5) is 17.2 Å². The topological polar surface area (TPSA) is 163 Å². The Morgan fingerprint density at radius 1 is 1.05 bits per heavy atom. The predicted molar refractivity (Wildman–Crippen MR) is 165 cm³/mol. The standard InChI is InChI=1S/C30H34N8O3S/c1-37-10-12-38(13-11-37)20-6-7-22(25(16-20)35-19-8-14-41-15-9-19)30(40)36-28(32)24-17-21(18-34-27(24)31)42-26-5-3-2-4-23(26)29(33)39/h2-8,16-18,35H,9-15H2,1H3,(H2,31,34)(H2,33,39)(H2,32,36,40). The summed E-state index contributed by atoms with van der Waals surface area (Å²) in [6, 6.07) is 14.3. The van der Waals surface area contributed by atoms with Crippen molar-refractivity contribution in [2.45, 2.75) is 16.2 Å². The maximum Gasteiger partial charge on any atom is 0.258 e. The molecule has 218 valence electrons. The van der Waals surface area contributed by atoms with Crippen molar-refractivity contribution in [1.82, 2.24) is 15.2 Å². The third kappa shape index (κ3) is 6.90. The van der Waals surface area contributed by atoms with E-state index in [-0.39, 0.29) is 17.2 Å². The van der Waals surface area contributed by atoms with E-state index < -0.39 is 11.8 Å². The Morgan fingerprint density at radius 2 is 1.83 bits per heavy atom. The minimum absolute atomic E-state index is 0.101. The molecule has 5 rings (SSSR count). The molecule has 0 spiro atoms. The number of hydrogen-bond acceptors (Lipinski definition) is 10. The third-order valence-electron chi connectivity index (χ3n) is 7.16. The van der Waals surface area contributed by atoms with Crippen molar-refractivity contribution in [2.75, 3.05) is 62.4 Å². The maximum atomic E-state index is 13.6. The molecule has 12 heteroatoms. The highest BCUT2D eigenvalue weighted by Crippen LogP contribution is 2.32. The van der Waals surface area contributed by atoms with Gasteiger partial charge in [0, 0.05) is 60.0 Å². The van der Waals surface area contributed by atoms with Gasteiger partial charge in [-0.3, -0.25) is 15.0 Å². The Bertz CT molecular complexity index is 1530. The van der Waals surface area contributed by atoms with Crippen LogP contribution < -0.4 is 27.0 Å². The van der Waals surface area contributed by atoms with Gasteiger partial charge >= 0.3 is 0 Å². The number of ether oxygens (including phenoxy) is 1. The van der Waals surface area contributed by atoms with Crippen molar-refractivity contribution >= 4 is 46.6 Å². The molecular formula is C30H34N8O3S. The number of nitrogens with zero attached hydrogens (tertiary/aromatic N) is 3. The lowest BCUT2D eigenvalue weighted by Gasteiger charge is -2.34. The Balaban J connectivity index is 1.37. The highest BCUT2D eigenvalue weighted by atomic mass is 32.2. The Labute approximate surface area is 248 Å². The van der Waals surface area contributed by atoms with Crippen LogP contribution >= 0.6 is 11.8 Å². The second kappa shape index (κ2) is 13.1. The Hall–Kier alpha value is -4.39. The largest absolute Gasteiger partial charge is 0.383 e. The number of likely N-dealkylation sites (N-methyl/N-ethyl adjacent to an activating group) is 1. The second-order valence-corrected chi connectivity index (χ2v) is 11.2. The molecule has 7 N–H and O–H groups in total. The van der Waals surface area contributed by atoms with E-state index in [2.05, 4.69) is 32.5 Å². The number of amidine groups is 1. The van der Waals surface area contributed by atoms with E-state index in [0.29, 0.717) is 46.2 Å². The van der Waals surface area contributed by atoms with Crippen LogP contribution in [0.15, 0.2) is 76.3 Å². The van der Waals surface area contributed by atoms with E-state index in [1.165, 1.54) is 11.8 Å². The number of rotatable bonds is 8. The first-order chi connectivity index (χ1) is 20.3. The van der Waals surface area contributed by atoms with Crippen molar-refractivity contribution < 1.29 is 14.3 Å². The number of primary amides is 1. The molecule has 2 aliphatic heterocycles. The number of carbonyl (C=O) groups is 2. The lowest BCUT2D eigenvalue weighted by atomic mass is 10.1. The van der Waals surface area contributed by atoms with Gasteiger partial charge in [0.1, 0.15) is 11.7 Å². The van der Waals surface area contributed by atoms with E-state index in [0.717, 1.165) is 37.6 Å². The van der Waals surface area contributed by atoms with Crippen LogP contribution in [0.3, 0.4) is 0 Å².